The molecular weight excluding hydrogens is 354 g/mol. The number of carbonyl (C=O) groups excluding carboxylic acids is 1. The monoisotopic (exact) mass is 373 g/mol. The molecule has 136 valence electrons. The standard InChI is InChI=1S/C18H19N3O4S/c1-10-6-4-5-7-12(10)19-15(22)14-11(2)13-16(26-14)20-18(24)21(17(13)23)8-9-25-3/h4-7H,8-9H2,1-3H3,(H,19,22)(H,20,24). The Morgan fingerprint density at radius 2 is 2.00 bits per heavy atom. The van der Waals surface area contributed by atoms with E-state index in [1.807, 2.05) is 31.2 Å². The first kappa shape index (κ1) is 18.1. The number of benzene rings is 1. The van der Waals surface area contributed by atoms with Crippen molar-refractivity contribution in [2.75, 3.05) is 19.0 Å². The molecule has 1 amide bonds. The summed E-state index contributed by atoms with van der Waals surface area (Å²) < 4.78 is 6.04. The number of para-hydroxylation sites is 1. The highest BCUT2D eigenvalue weighted by Gasteiger charge is 2.20. The number of anilines is 1. The number of ether oxygens (including phenoxy) is 1. The molecule has 0 bridgehead atoms. The molecule has 0 saturated heterocycles. The number of methoxy groups -OCH3 is 1. The summed E-state index contributed by atoms with van der Waals surface area (Å²) >= 11 is 1.11. The SMILES string of the molecule is COCCn1c(=O)[nH]c2sc(C(=O)Nc3ccccc3C)c(C)c2c1=O. The van der Waals surface area contributed by atoms with Gasteiger partial charge in [0.25, 0.3) is 11.5 Å². The number of thiophene rings is 1. The van der Waals surface area contributed by atoms with Crippen molar-refractivity contribution in [1.82, 2.24) is 9.55 Å². The van der Waals surface area contributed by atoms with Crippen LogP contribution in [0.2, 0.25) is 0 Å². The second-order valence-corrected chi connectivity index (χ2v) is 6.93. The normalized spacial score (nSPS) is 11.0. The average Bonchev–Trinajstić information content (AvgIpc) is 2.93. The van der Waals surface area contributed by atoms with Crippen LogP contribution in [0.3, 0.4) is 0 Å². The number of hydrogen-bond acceptors (Lipinski definition) is 5. The minimum absolute atomic E-state index is 0.153. The summed E-state index contributed by atoms with van der Waals surface area (Å²) in [6.45, 7) is 4.02. The largest absolute Gasteiger partial charge is 0.383 e. The smallest absolute Gasteiger partial charge is 0.329 e. The van der Waals surface area contributed by atoms with Crippen LogP contribution in [0.1, 0.15) is 20.8 Å². The molecule has 3 rings (SSSR count). The number of amides is 1. The molecule has 2 aromatic heterocycles. The number of aromatic amines is 1. The maximum atomic E-state index is 12.7. The van der Waals surface area contributed by atoms with Gasteiger partial charge in [0.1, 0.15) is 4.83 Å². The van der Waals surface area contributed by atoms with Crippen molar-refractivity contribution in [1.29, 1.82) is 0 Å². The fourth-order valence-electron chi connectivity index (χ4n) is 2.75. The molecular formula is C18H19N3O4S. The lowest BCUT2D eigenvalue weighted by molar-refractivity contribution is 0.103. The van der Waals surface area contributed by atoms with Gasteiger partial charge in [-0.1, -0.05) is 18.2 Å². The first-order valence-corrected chi connectivity index (χ1v) is 8.87. The van der Waals surface area contributed by atoms with E-state index in [-0.39, 0.29) is 19.1 Å². The van der Waals surface area contributed by atoms with Gasteiger partial charge >= 0.3 is 5.69 Å². The molecule has 0 unspecified atom stereocenters. The summed E-state index contributed by atoms with van der Waals surface area (Å²) in [6.07, 6.45) is 0. The van der Waals surface area contributed by atoms with Gasteiger partial charge in [-0.05, 0) is 31.0 Å². The third-order valence-electron chi connectivity index (χ3n) is 4.19. The van der Waals surface area contributed by atoms with E-state index in [1.165, 1.54) is 7.11 Å². The molecule has 0 aliphatic heterocycles. The van der Waals surface area contributed by atoms with E-state index < -0.39 is 11.2 Å². The molecule has 0 atom stereocenters. The Morgan fingerprint density at radius 3 is 2.69 bits per heavy atom. The van der Waals surface area contributed by atoms with E-state index in [0.717, 1.165) is 21.5 Å². The van der Waals surface area contributed by atoms with Crippen LogP contribution in [-0.4, -0.2) is 29.2 Å². The molecule has 0 spiro atoms. The van der Waals surface area contributed by atoms with Gasteiger partial charge in [-0.25, -0.2) is 4.79 Å². The molecule has 1 aromatic carbocycles. The molecule has 8 heteroatoms. The topological polar surface area (TPSA) is 93.2 Å². The van der Waals surface area contributed by atoms with Crippen molar-refractivity contribution in [3.05, 3.63) is 61.1 Å². The zero-order valence-electron chi connectivity index (χ0n) is 14.7. The number of fused-ring (bicyclic) bond motifs is 1. The lowest BCUT2D eigenvalue weighted by Gasteiger charge is -2.07. The van der Waals surface area contributed by atoms with Gasteiger partial charge in [0.05, 0.1) is 23.4 Å². The number of hydrogen-bond donors (Lipinski definition) is 2. The fraction of sp³-hybridized carbons (Fsp3) is 0.278. The van der Waals surface area contributed by atoms with Gasteiger partial charge in [-0.15, -0.1) is 11.3 Å². The Bertz CT molecular complexity index is 1090. The van der Waals surface area contributed by atoms with E-state index >= 15 is 0 Å². The molecule has 7 nitrogen and oxygen atoms in total. The van der Waals surface area contributed by atoms with Gasteiger partial charge in [0, 0.05) is 12.8 Å². The number of aryl methyl sites for hydroxylation is 2. The molecule has 2 N–H and O–H groups in total. The van der Waals surface area contributed by atoms with E-state index in [0.29, 0.717) is 26.3 Å². The average molecular weight is 373 g/mol. The van der Waals surface area contributed by atoms with Crippen molar-refractivity contribution in [2.45, 2.75) is 20.4 Å². The van der Waals surface area contributed by atoms with Gasteiger partial charge in [0.2, 0.25) is 0 Å². The maximum Gasteiger partial charge on any atom is 0.329 e. The third kappa shape index (κ3) is 3.21. The lowest BCUT2D eigenvalue weighted by atomic mass is 10.2. The van der Waals surface area contributed by atoms with Gasteiger partial charge < -0.3 is 10.1 Å². The fourth-order valence-corrected chi connectivity index (χ4v) is 3.83. The van der Waals surface area contributed by atoms with E-state index in [1.54, 1.807) is 6.92 Å². The summed E-state index contributed by atoms with van der Waals surface area (Å²) in [5.41, 5.74) is 1.29. The van der Waals surface area contributed by atoms with Crippen LogP contribution in [0.25, 0.3) is 10.2 Å². The predicted octanol–water partition coefficient (Wildman–Crippen LogP) is 2.27. The summed E-state index contributed by atoms with van der Waals surface area (Å²) in [7, 11) is 1.50. The Balaban J connectivity index is 2.05. The minimum atomic E-state index is -0.508. The van der Waals surface area contributed by atoms with Crippen molar-refractivity contribution in [3.63, 3.8) is 0 Å². The van der Waals surface area contributed by atoms with E-state index in [2.05, 4.69) is 10.3 Å². The Morgan fingerprint density at radius 1 is 1.27 bits per heavy atom. The second-order valence-electron chi connectivity index (χ2n) is 5.91. The zero-order chi connectivity index (χ0) is 18.8. The highest BCUT2D eigenvalue weighted by Crippen LogP contribution is 2.27. The van der Waals surface area contributed by atoms with Gasteiger partial charge in [-0.3, -0.25) is 19.1 Å². The van der Waals surface area contributed by atoms with Gasteiger partial charge in [0.15, 0.2) is 0 Å². The van der Waals surface area contributed by atoms with E-state index in [4.69, 9.17) is 4.74 Å². The summed E-state index contributed by atoms with van der Waals surface area (Å²) in [4.78, 5) is 41.0. The quantitative estimate of drug-likeness (QED) is 0.717. The molecule has 0 fully saturated rings. The highest BCUT2D eigenvalue weighted by molar-refractivity contribution is 7.20. The van der Waals surface area contributed by atoms with Crippen LogP contribution < -0.4 is 16.6 Å². The number of H-pyrrole nitrogens is 1. The predicted molar refractivity (Wildman–Crippen MR) is 102 cm³/mol. The van der Waals surface area contributed by atoms with Crippen molar-refractivity contribution < 1.29 is 9.53 Å². The minimum Gasteiger partial charge on any atom is -0.383 e. The first-order valence-electron chi connectivity index (χ1n) is 8.06. The molecule has 0 aliphatic rings. The van der Waals surface area contributed by atoms with Crippen LogP contribution >= 0.6 is 11.3 Å². The highest BCUT2D eigenvalue weighted by atomic mass is 32.1. The number of carbonyl (C=O) groups is 1. The second kappa shape index (κ2) is 7.27. The molecule has 3 aromatic rings. The molecule has 0 saturated carbocycles. The van der Waals surface area contributed by atoms with Crippen LogP contribution in [0.4, 0.5) is 5.69 Å². The van der Waals surface area contributed by atoms with Crippen LogP contribution in [0.5, 0.6) is 0 Å². The Kier molecular flexibility index (Phi) is 5.06. The number of nitrogens with zero attached hydrogens (tertiary/aromatic N) is 1. The van der Waals surface area contributed by atoms with Crippen molar-refractivity contribution >= 4 is 33.1 Å². The molecule has 26 heavy (non-hydrogen) atoms. The van der Waals surface area contributed by atoms with Gasteiger partial charge in [-0.2, -0.15) is 0 Å². The summed E-state index contributed by atoms with van der Waals surface area (Å²) in [6, 6.07) is 7.45. The van der Waals surface area contributed by atoms with Crippen LogP contribution in [0, 0.1) is 13.8 Å². The number of aromatic nitrogens is 2. The Hall–Kier alpha value is -2.71. The van der Waals surface area contributed by atoms with Crippen molar-refractivity contribution in [2.24, 2.45) is 0 Å². The molecule has 0 radical (unpaired) electrons. The summed E-state index contributed by atoms with van der Waals surface area (Å²) in [5.74, 6) is -0.304. The number of nitrogens with one attached hydrogen (secondary N) is 2. The molecule has 0 aliphatic carbocycles. The third-order valence-corrected chi connectivity index (χ3v) is 5.40. The van der Waals surface area contributed by atoms with Crippen LogP contribution in [-0.2, 0) is 11.3 Å². The van der Waals surface area contributed by atoms with Crippen LogP contribution in [0.15, 0.2) is 33.9 Å². The maximum absolute atomic E-state index is 12.7. The molecule has 2 heterocycles. The van der Waals surface area contributed by atoms with Crippen molar-refractivity contribution in [3.8, 4) is 0 Å². The van der Waals surface area contributed by atoms with E-state index in [9.17, 15) is 14.4 Å². The zero-order valence-corrected chi connectivity index (χ0v) is 15.5. The Labute approximate surface area is 153 Å². The first-order chi connectivity index (χ1) is 12.4. The summed E-state index contributed by atoms with van der Waals surface area (Å²) in [5, 5.41) is 3.22. The number of rotatable bonds is 5. The lowest BCUT2D eigenvalue weighted by Crippen LogP contribution is -2.36.